The zero-order valence-electron chi connectivity index (χ0n) is 17.1. The Labute approximate surface area is 191 Å². The van der Waals surface area contributed by atoms with Crippen molar-refractivity contribution in [2.45, 2.75) is 25.0 Å². The molecule has 1 fully saturated rings. The number of halogens is 1. The van der Waals surface area contributed by atoms with E-state index in [0.29, 0.717) is 22.2 Å². The highest BCUT2D eigenvalue weighted by atomic mass is 35.5. The number of thioether (sulfide) groups is 1. The van der Waals surface area contributed by atoms with Crippen molar-refractivity contribution in [3.63, 3.8) is 0 Å². The molecule has 1 unspecified atom stereocenters. The quantitative estimate of drug-likeness (QED) is 0.378. The third-order valence-corrected chi connectivity index (χ3v) is 6.51. The Morgan fingerprint density at radius 2 is 2.00 bits per heavy atom. The summed E-state index contributed by atoms with van der Waals surface area (Å²) in [5.41, 5.74) is 2.50. The molecule has 1 saturated heterocycles. The van der Waals surface area contributed by atoms with Gasteiger partial charge in [0, 0.05) is 17.3 Å². The van der Waals surface area contributed by atoms with Crippen molar-refractivity contribution in [3.8, 4) is 6.07 Å². The summed E-state index contributed by atoms with van der Waals surface area (Å²) in [6, 6.07) is 16.9. The third-order valence-electron chi connectivity index (χ3n) is 4.88. The molecule has 0 saturated carbocycles. The van der Waals surface area contributed by atoms with Crippen LogP contribution < -0.4 is 10.2 Å². The largest absolute Gasteiger partial charge is 0.348 e. The maximum atomic E-state index is 13.4. The fourth-order valence-corrected chi connectivity index (χ4v) is 4.73. The monoisotopic (exact) mass is 451 g/mol. The van der Waals surface area contributed by atoms with Gasteiger partial charge in [0.05, 0.1) is 5.25 Å². The van der Waals surface area contributed by atoms with Crippen LogP contribution in [-0.2, 0) is 22.4 Å². The van der Waals surface area contributed by atoms with Gasteiger partial charge in [0.15, 0.2) is 0 Å². The number of hydrogen-bond acceptors (Lipinski definition) is 4. The minimum atomic E-state index is -0.536. The van der Waals surface area contributed by atoms with Crippen molar-refractivity contribution in [3.05, 3.63) is 87.9 Å². The number of aryl methyl sites for hydroxylation is 1. The number of rotatable bonds is 7. The number of benzene rings is 2. The van der Waals surface area contributed by atoms with Gasteiger partial charge >= 0.3 is 0 Å². The summed E-state index contributed by atoms with van der Waals surface area (Å²) in [7, 11) is 0. The van der Waals surface area contributed by atoms with E-state index in [-0.39, 0.29) is 18.0 Å². The predicted molar refractivity (Wildman–Crippen MR) is 126 cm³/mol. The molecule has 2 aromatic carbocycles. The number of nitriles is 1. The average molecular weight is 452 g/mol. The van der Waals surface area contributed by atoms with E-state index >= 15 is 0 Å². The molecule has 31 heavy (non-hydrogen) atoms. The number of hydrogen-bond donors (Lipinski definition) is 1. The van der Waals surface area contributed by atoms with Gasteiger partial charge in [0.25, 0.3) is 5.91 Å². The third kappa shape index (κ3) is 5.01. The summed E-state index contributed by atoms with van der Waals surface area (Å²) < 4.78 is 0. The highest BCUT2D eigenvalue weighted by Crippen LogP contribution is 2.42. The smallest absolute Gasteiger partial charge is 0.264 e. The van der Waals surface area contributed by atoms with Gasteiger partial charge in [-0.05, 0) is 42.2 Å². The number of nitrogens with zero attached hydrogens (tertiary/aromatic N) is 2. The maximum Gasteiger partial charge on any atom is 0.264 e. The standard InChI is InChI=1S/C24H22ClN3O2S/c1-3-13-27-22(29)19(15-26)24-28(18-11-9-16(4-2)10-12-18)23(30)21(31-24)14-17-7-5-6-8-20(17)25/h3,5-12,21H,1,4,13-14H2,2H3,(H,27,29)/b24-19-. The molecule has 0 radical (unpaired) electrons. The van der Waals surface area contributed by atoms with Crippen LogP contribution in [0.2, 0.25) is 5.02 Å². The molecule has 1 aliphatic heterocycles. The van der Waals surface area contributed by atoms with Crippen LogP contribution in [0.15, 0.2) is 71.8 Å². The lowest BCUT2D eigenvalue weighted by molar-refractivity contribution is -0.117. The molecular formula is C24H22ClN3O2S. The Morgan fingerprint density at radius 3 is 2.61 bits per heavy atom. The topological polar surface area (TPSA) is 73.2 Å². The Morgan fingerprint density at radius 1 is 1.29 bits per heavy atom. The van der Waals surface area contributed by atoms with E-state index in [1.807, 2.05) is 48.5 Å². The van der Waals surface area contributed by atoms with Crippen LogP contribution >= 0.6 is 23.4 Å². The molecule has 5 nitrogen and oxygen atoms in total. The van der Waals surface area contributed by atoms with E-state index in [1.54, 1.807) is 6.07 Å². The zero-order chi connectivity index (χ0) is 22.4. The van der Waals surface area contributed by atoms with E-state index in [2.05, 4.69) is 18.8 Å². The number of carbonyl (C=O) groups is 2. The summed E-state index contributed by atoms with van der Waals surface area (Å²) in [5, 5.41) is 12.8. The second kappa shape index (κ2) is 10.3. The minimum absolute atomic E-state index is 0.0959. The number of nitrogens with one attached hydrogen (secondary N) is 1. The Balaban J connectivity index is 2.04. The molecule has 1 N–H and O–H groups in total. The second-order valence-corrected chi connectivity index (χ2v) is 8.48. The molecular weight excluding hydrogens is 430 g/mol. The van der Waals surface area contributed by atoms with Gasteiger partial charge < -0.3 is 5.32 Å². The van der Waals surface area contributed by atoms with Crippen molar-refractivity contribution in [2.75, 3.05) is 11.4 Å². The van der Waals surface area contributed by atoms with Gasteiger partial charge in [-0.15, -0.1) is 6.58 Å². The van der Waals surface area contributed by atoms with Gasteiger partial charge in [-0.1, -0.05) is 66.7 Å². The SMILES string of the molecule is C=CCNC(=O)/C(C#N)=C1\SC(Cc2ccccc2Cl)C(=O)N1c1ccc(CC)cc1. The van der Waals surface area contributed by atoms with Crippen molar-refractivity contribution in [1.82, 2.24) is 5.32 Å². The van der Waals surface area contributed by atoms with Gasteiger partial charge in [-0.2, -0.15) is 5.26 Å². The molecule has 0 aromatic heterocycles. The molecule has 0 aliphatic carbocycles. The summed E-state index contributed by atoms with van der Waals surface area (Å²) >= 11 is 7.52. The highest BCUT2D eigenvalue weighted by molar-refractivity contribution is 8.05. The predicted octanol–water partition coefficient (Wildman–Crippen LogP) is 4.63. The van der Waals surface area contributed by atoms with Crippen molar-refractivity contribution in [1.29, 1.82) is 5.26 Å². The van der Waals surface area contributed by atoms with Gasteiger partial charge in [-0.25, -0.2) is 0 Å². The van der Waals surface area contributed by atoms with Gasteiger partial charge in [0.2, 0.25) is 5.91 Å². The fourth-order valence-electron chi connectivity index (χ4n) is 3.22. The number of carbonyl (C=O) groups excluding carboxylic acids is 2. The number of anilines is 1. The summed E-state index contributed by atoms with van der Waals surface area (Å²) in [6.45, 7) is 5.85. The Kier molecular flexibility index (Phi) is 7.56. The van der Waals surface area contributed by atoms with Crippen LogP contribution in [0.5, 0.6) is 0 Å². The van der Waals surface area contributed by atoms with Crippen LogP contribution in [0.4, 0.5) is 5.69 Å². The summed E-state index contributed by atoms with van der Waals surface area (Å²) in [6.07, 6.45) is 2.80. The van der Waals surface area contributed by atoms with Gasteiger partial charge in [0.1, 0.15) is 16.7 Å². The van der Waals surface area contributed by atoms with Crippen LogP contribution in [0.25, 0.3) is 0 Å². The zero-order valence-corrected chi connectivity index (χ0v) is 18.7. The highest BCUT2D eigenvalue weighted by Gasteiger charge is 2.41. The van der Waals surface area contributed by atoms with E-state index in [4.69, 9.17) is 11.6 Å². The lowest BCUT2D eigenvalue weighted by Crippen LogP contribution is -2.32. The van der Waals surface area contributed by atoms with Crippen molar-refractivity contribution >= 4 is 40.9 Å². The lowest BCUT2D eigenvalue weighted by atomic mass is 10.1. The molecule has 1 atom stereocenters. The van der Waals surface area contributed by atoms with Gasteiger partial charge in [-0.3, -0.25) is 14.5 Å². The first-order valence-corrected chi connectivity index (χ1v) is 11.1. The Bertz CT molecular complexity index is 1070. The molecule has 1 aliphatic rings. The van der Waals surface area contributed by atoms with E-state index in [0.717, 1.165) is 17.5 Å². The minimum Gasteiger partial charge on any atom is -0.348 e. The fraction of sp³-hybridized carbons (Fsp3) is 0.208. The normalized spacial score (nSPS) is 17.3. The molecule has 158 valence electrons. The molecule has 2 aromatic rings. The summed E-state index contributed by atoms with van der Waals surface area (Å²) in [4.78, 5) is 27.5. The number of amides is 2. The molecule has 2 amide bonds. The maximum absolute atomic E-state index is 13.4. The molecule has 3 rings (SSSR count). The van der Waals surface area contributed by atoms with Crippen LogP contribution in [-0.4, -0.2) is 23.6 Å². The van der Waals surface area contributed by atoms with Crippen molar-refractivity contribution in [2.24, 2.45) is 0 Å². The summed E-state index contributed by atoms with van der Waals surface area (Å²) in [5.74, 6) is -0.722. The molecule has 0 spiro atoms. The van der Waals surface area contributed by atoms with Crippen molar-refractivity contribution < 1.29 is 9.59 Å². The van der Waals surface area contributed by atoms with Crippen LogP contribution in [0.3, 0.4) is 0 Å². The van der Waals surface area contributed by atoms with Crippen LogP contribution in [0, 0.1) is 11.3 Å². The van der Waals surface area contributed by atoms with E-state index < -0.39 is 11.2 Å². The molecule has 7 heteroatoms. The van der Waals surface area contributed by atoms with E-state index in [9.17, 15) is 14.9 Å². The molecule has 0 bridgehead atoms. The lowest BCUT2D eigenvalue weighted by Gasteiger charge is -2.19. The first-order chi connectivity index (χ1) is 15.0. The first kappa shape index (κ1) is 22.7. The average Bonchev–Trinajstić information content (AvgIpc) is 3.10. The molecule has 1 heterocycles. The van der Waals surface area contributed by atoms with E-state index in [1.165, 1.54) is 22.7 Å². The first-order valence-electron chi connectivity index (χ1n) is 9.86. The second-order valence-electron chi connectivity index (χ2n) is 6.89. The van der Waals surface area contributed by atoms with Crippen LogP contribution in [0.1, 0.15) is 18.1 Å². The Hall–Kier alpha value is -3.01.